The Labute approximate surface area is 106 Å². The molecule has 88 valence electrons. The molecule has 0 aliphatic carbocycles. The van der Waals surface area contributed by atoms with Crippen LogP contribution < -0.4 is 5.48 Å². The molecule has 1 N–H and O–H groups in total. The zero-order valence-electron chi connectivity index (χ0n) is 9.46. The minimum Gasteiger partial charge on any atom is -0.389 e. The van der Waals surface area contributed by atoms with Gasteiger partial charge in [0.1, 0.15) is 6.26 Å². The maximum Gasteiger partial charge on any atom is 0.199 e. The molecule has 3 nitrogen and oxygen atoms in total. The highest BCUT2D eigenvalue weighted by Gasteiger charge is 2.20. The van der Waals surface area contributed by atoms with Gasteiger partial charge in [0.2, 0.25) is 0 Å². The molecule has 0 spiro atoms. The highest BCUT2D eigenvalue weighted by atomic mass is 31.0. The van der Waals surface area contributed by atoms with Gasteiger partial charge in [0, 0.05) is 10.9 Å². The molecule has 4 heteroatoms. The number of benzene rings is 1. The fraction of sp³-hybridized carbons (Fsp3) is 0. The topological polar surface area (TPSA) is 38.3 Å². The van der Waals surface area contributed by atoms with E-state index in [0.717, 1.165) is 13.5 Å². The van der Waals surface area contributed by atoms with Crippen molar-refractivity contribution in [1.29, 1.82) is 0 Å². The normalized spacial score (nSPS) is 14.2. The van der Waals surface area contributed by atoms with E-state index in [1.54, 1.807) is 6.07 Å². The smallest absolute Gasteiger partial charge is 0.199 e. The predicted octanol–water partition coefficient (Wildman–Crippen LogP) is 3.85. The lowest BCUT2D eigenvalue weighted by Gasteiger charge is -2.05. The third kappa shape index (κ3) is 1.89. The van der Waals surface area contributed by atoms with Crippen molar-refractivity contribution < 1.29 is 9.63 Å². The molecule has 18 heavy (non-hydrogen) atoms. The van der Waals surface area contributed by atoms with Gasteiger partial charge in [-0.05, 0) is 24.0 Å². The molecule has 0 amide bonds. The first-order valence-corrected chi connectivity index (χ1v) is 6.49. The minimum absolute atomic E-state index is 0.0157. The average Bonchev–Trinajstić information content (AvgIpc) is 2.60. The second-order valence-corrected chi connectivity index (χ2v) is 4.88. The molecule has 0 unspecified atom stereocenters. The van der Waals surface area contributed by atoms with Crippen molar-refractivity contribution in [3.63, 3.8) is 0 Å². The number of ketones is 1. The number of hydrogen-bond acceptors (Lipinski definition) is 3. The fourth-order valence-electron chi connectivity index (χ4n) is 1.82. The Hall–Kier alpha value is -2.12. The van der Waals surface area contributed by atoms with Gasteiger partial charge in [-0.3, -0.25) is 4.79 Å². The van der Waals surface area contributed by atoms with Crippen LogP contribution in [0.3, 0.4) is 0 Å². The summed E-state index contributed by atoms with van der Waals surface area (Å²) >= 11 is 0. The lowest BCUT2D eigenvalue weighted by molar-refractivity contribution is 0.105. The second-order valence-electron chi connectivity index (χ2n) is 3.84. The third-order valence-corrected chi connectivity index (χ3v) is 3.69. The Balaban J connectivity index is 2.09. The van der Waals surface area contributed by atoms with Crippen molar-refractivity contribution in [2.24, 2.45) is 0 Å². The van der Waals surface area contributed by atoms with Gasteiger partial charge in [0.05, 0.1) is 11.3 Å². The van der Waals surface area contributed by atoms with E-state index in [2.05, 4.69) is 5.48 Å². The number of nitrogens with one attached hydrogen (secondary N) is 1. The number of rotatable bonds is 1. The van der Waals surface area contributed by atoms with Gasteiger partial charge in [-0.15, -0.1) is 0 Å². The molecule has 2 aromatic rings. The molecular weight excluding hydrogens is 245 g/mol. The molecule has 3 rings (SSSR count). The van der Waals surface area contributed by atoms with Crippen LogP contribution in [0.5, 0.6) is 0 Å². The van der Waals surface area contributed by atoms with Crippen LogP contribution in [0.1, 0.15) is 15.7 Å². The van der Waals surface area contributed by atoms with Crippen LogP contribution in [0, 0.1) is 0 Å². The highest BCUT2D eigenvalue weighted by molar-refractivity contribution is 7.31. The first-order valence-electron chi connectivity index (χ1n) is 5.53. The molecular formula is C14H10NO2P. The molecule has 0 radical (unpaired) electrons. The largest absolute Gasteiger partial charge is 0.389 e. The van der Waals surface area contributed by atoms with Gasteiger partial charge >= 0.3 is 0 Å². The van der Waals surface area contributed by atoms with Crippen LogP contribution in [-0.4, -0.2) is 5.78 Å². The van der Waals surface area contributed by atoms with Crippen LogP contribution in [0.15, 0.2) is 54.5 Å². The van der Waals surface area contributed by atoms with Crippen LogP contribution >= 0.6 is 8.19 Å². The number of fused-ring (bicyclic) bond motifs is 1. The van der Waals surface area contributed by atoms with Gasteiger partial charge in [0.25, 0.3) is 0 Å². The number of para-hydroxylation sites is 1. The fourth-order valence-corrected chi connectivity index (χ4v) is 2.63. The summed E-state index contributed by atoms with van der Waals surface area (Å²) in [6, 6.07) is 13.1. The number of anilines is 1. The first kappa shape index (κ1) is 11.0. The molecule has 0 saturated carbocycles. The Kier molecular flexibility index (Phi) is 2.83. The second kappa shape index (κ2) is 4.63. The number of carbonyl (C=O) groups excluding carboxylic acids is 1. The summed E-state index contributed by atoms with van der Waals surface area (Å²) in [5.41, 5.74) is 4.69. The molecule has 1 aromatic carbocycles. The SMILES string of the molecule is O=C1C(c2ccccp2)=CONc2ccccc21. The molecule has 1 aliphatic rings. The van der Waals surface area contributed by atoms with Crippen molar-refractivity contribution in [3.8, 4) is 0 Å². The standard InChI is InChI=1S/C14H10NO2P/c16-14-10-5-1-2-6-12(10)15-17-9-11(14)13-7-3-4-8-18-13/h1-9,15H. The van der Waals surface area contributed by atoms with E-state index in [0.29, 0.717) is 16.8 Å². The third-order valence-electron chi connectivity index (χ3n) is 2.70. The van der Waals surface area contributed by atoms with Gasteiger partial charge in [-0.25, -0.2) is 5.48 Å². The summed E-state index contributed by atoms with van der Waals surface area (Å²) < 4.78 is 0. The van der Waals surface area contributed by atoms with Crippen LogP contribution in [-0.2, 0) is 4.84 Å². The molecule has 0 bridgehead atoms. The van der Waals surface area contributed by atoms with Crippen LogP contribution in [0.25, 0.3) is 5.57 Å². The molecule has 2 heterocycles. The van der Waals surface area contributed by atoms with Gasteiger partial charge in [-0.1, -0.05) is 32.5 Å². The highest BCUT2D eigenvalue weighted by Crippen LogP contribution is 2.30. The number of allylic oxidation sites excluding steroid dienone is 1. The van der Waals surface area contributed by atoms with E-state index in [1.165, 1.54) is 6.26 Å². The van der Waals surface area contributed by atoms with Crippen molar-refractivity contribution in [2.45, 2.75) is 0 Å². The summed E-state index contributed by atoms with van der Waals surface area (Å²) in [5.74, 6) is 1.98. The number of hydrogen-bond donors (Lipinski definition) is 1. The van der Waals surface area contributed by atoms with Crippen molar-refractivity contribution in [3.05, 3.63) is 65.4 Å². The summed E-state index contributed by atoms with van der Waals surface area (Å²) in [6.07, 6.45) is 1.48. The van der Waals surface area contributed by atoms with E-state index in [4.69, 9.17) is 4.84 Å². The monoisotopic (exact) mass is 255 g/mol. The average molecular weight is 255 g/mol. The molecule has 1 aromatic heterocycles. The van der Waals surface area contributed by atoms with E-state index in [1.807, 2.05) is 42.2 Å². The van der Waals surface area contributed by atoms with Gasteiger partial charge < -0.3 is 4.84 Å². The summed E-state index contributed by atoms with van der Waals surface area (Å²) in [4.78, 5) is 17.7. The maximum atomic E-state index is 12.5. The minimum atomic E-state index is -0.0157. The first-order chi connectivity index (χ1) is 8.86. The quantitative estimate of drug-likeness (QED) is 0.841. The van der Waals surface area contributed by atoms with E-state index in [-0.39, 0.29) is 5.78 Å². The van der Waals surface area contributed by atoms with Crippen molar-refractivity contribution >= 4 is 25.2 Å². The number of Topliss-reactive ketones (excluding diaryl/α,β-unsaturated/α-hetero) is 1. The van der Waals surface area contributed by atoms with Gasteiger partial charge in [0.15, 0.2) is 5.78 Å². The van der Waals surface area contributed by atoms with E-state index in [9.17, 15) is 4.79 Å². The Morgan fingerprint density at radius 2 is 1.89 bits per heavy atom. The summed E-state index contributed by atoms with van der Waals surface area (Å²) in [5, 5.41) is 0.945. The Morgan fingerprint density at radius 3 is 2.72 bits per heavy atom. The van der Waals surface area contributed by atoms with E-state index >= 15 is 0 Å². The number of carbonyl (C=O) groups is 1. The zero-order chi connectivity index (χ0) is 12.4. The van der Waals surface area contributed by atoms with Gasteiger partial charge in [-0.2, -0.15) is 0 Å². The molecule has 1 aliphatic heterocycles. The molecule has 0 atom stereocenters. The van der Waals surface area contributed by atoms with Crippen molar-refractivity contribution in [1.82, 2.24) is 0 Å². The summed E-state index contributed by atoms with van der Waals surface area (Å²) in [7, 11) is 1.00. The van der Waals surface area contributed by atoms with Crippen molar-refractivity contribution in [2.75, 3.05) is 5.48 Å². The Morgan fingerprint density at radius 1 is 1.06 bits per heavy atom. The van der Waals surface area contributed by atoms with E-state index < -0.39 is 0 Å². The summed E-state index contributed by atoms with van der Waals surface area (Å²) in [6.45, 7) is 0. The van der Waals surface area contributed by atoms with Crippen LogP contribution in [0.2, 0.25) is 0 Å². The van der Waals surface area contributed by atoms with Crippen LogP contribution in [0.4, 0.5) is 5.69 Å². The predicted molar refractivity (Wildman–Crippen MR) is 72.4 cm³/mol. The molecule has 0 saturated heterocycles. The lowest BCUT2D eigenvalue weighted by Crippen LogP contribution is -2.02. The Bertz CT molecular complexity index is 623. The zero-order valence-corrected chi connectivity index (χ0v) is 10.4. The maximum absolute atomic E-state index is 12.5. The molecule has 0 fully saturated rings. The lowest BCUT2D eigenvalue weighted by atomic mass is 10.0.